The van der Waals surface area contributed by atoms with Crippen LogP contribution in [-0.4, -0.2) is 34.7 Å². The summed E-state index contributed by atoms with van der Waals surface area (Å²) in [4.78, 5) is 32.9. The molecule has 3 rings (SSSR count). The molecule has 7 heteroatoms. The molecule has 3 heterocycles. The third-order valence-corrected chi connectivity index (χ3v) is 6.50. The maximum atomic E-state index is 12.1. The highest BCUT2D eigenvalue weighted by Crippen LogP contribution is 2.21. The number of nitrogens with one attached hydrogen (secondary N) is 1. The number of amides is 1. The first kappa shape index (κ1) is 19.2. The van der Waals surface area contributed by atoms with Gasteiger partial charge in [0.2, 0.25) is 5.91 Å². The predicted octanol–water partition coefficient (Wildman–Crippen LogP) is 4.35. The molecular weight excluding hydrogens is 366 g/mol. The summed E-state index contributed by atoms with van der Waals surface area (Å²) in [6.45, 7) is 7.35. The summed E-state index contributed by atoms with van der Waals surface area (Å²) in [6.07, 6.45) is 2.90. The van der Waals surface area contributed by atoms with Crippen LogP contribution in [0.1, 0.15) is 52.8 Å². The lowest BCUT2D eigenvalue weighted by atomic mass is 9.99. The van der Waals surface area contributed by atoms with E-state index in [0.717, 1.165) is 41.0 Å². The number of Topliss-reactive ketones (excluding diaryl/α,β-unsaturated/α-hetero) is 1. The van der Waals surface area contributed by atoms with Crippen molar-refractivity contribution in [3.05, 3.63) is 33.0 Å². The molecule has 5 nitrogen and oxygen atoms in total. The van der Waals surface area contributed by atoms with Gasteiger partial charge in [0, 0.05) is 29.6 Å². The van der Waals surface area contributed by atoms with Gasteiger partial charge in [0.1, 0.15) is 0 Å². The van der Waals surface area contributed by atoms with Gasteiger partial charge in [-0.15, -0.1) is 22.7 Å². The molecule has 1 fully saturated rings. The number of aryl methyl sites for hydroxylation is 1. The van der Waals surface area contributed by atoms with Crippen LogP contribution in [0.5, 0.6) is 0 Å². The summed E-state index contributed by atoms with van der Waals surface area (Å²) in [5.41, 5.74) is 1.00. The largest absolute Gasteiger partial charge is 0.302 e. The number of thiazole rings is 1. The van der Waals surface area contributed by atoms with Gasteiger partial charge in [-0.2, -0.15) is 0 Å². The normalized spacial score (nSPS) is 15.9. The van der Waals surface area contributed by atoms with Crippen LogP contribution in [0, 0.1) is 12.8 Å². The molecule has 1 aliphatic heterocycles. The first-order chi connectivity index (χ1) is 12.5. The zero-order chi connectivity index (χ0) is 18.5. The second-order valence-corrected chi connectivity index (χ2v) is 9.13. The van der Waals surface area contributed by atoms with E-state index in [1.165, 1.54) is 35.5 Å². The van der Waals surface area contributed by atoms with Gasteiger partial charge in [-0.25, -0.2) is 4.98 Å². The van der Waals surface area contributed by atoms with Crippen LogP contribution >= 0.6 is 22.7 Å². The molecule has 0 aliphatic carbocycles. The van der Waals surface area contributed by atoms with E-state index in [2.05, 4.69) is 22.1 Å². The van der Waals surface area contributed by atoms with Gasteiger partial charge >= 0.3 is 0 Å². The first-order valence-corrected chi connectivity index (χ1v) is 10.8. The van der Waals surface area contributed by atoms with Crippen molar-refractivity contribution in [1.82, 2.24) is 9.88 Å². The zero-order valence-corrected chi connectivity index (χ0v) is 16.9. The Morgan fingerprint density at radius 3 is 2.73 bits per heavy atom. The van der Waals surface area contributed by atoms with Gasteiger partial charge in [0.15, 0.2) is 10.9 Å². The average Bonchev–Trinajstić information content (AvgIpc) is 3.24. The molecule has 0 bridgehead atoms. The Hall–Kier alpha value is -1.57. The molecule has 26 heavy (non-hydrogen) atoms. The molecule has 1 N–H and O–H groups in total. The summed E-state index contributed by atoms with van der Waals surface area (Å²) < 4.78 is 0. The number of ketones is 1. The van der Waals surface area contributed by atoms with Crippen molar-refractivity contribution in [3.63, 3.8) is 0 Å². The van der Waals surface area contributed by atoms with E-state index in [1.54, 1.807) is 0 Å². The number of anilines is 1. The van der Waals surface area contributed by atoms with Gasteiger partial charge in [-0.1, -0.05) is 6.92 Å². The maximum absolute atomic E-state index is 12.1. The highest BCUT2D eigenvalue weighted by Gasteiger charge is 2.17. The number of carbonyl (C=O) groups is 2. The zero-order valence-electron chi connectivity index (χ0n) is 15.3. The van der Waals surface area contributed by atoms with Crippen molar-refractivity contribution in [2.75, 3.05) is 18.4 Å². The molecule has 0 saturated carbocycles. The SMILES string of the molecule is Cc1ccc(C(=O)CCC(=O)Nc2nc(CN3CCC(C)CC3)cs2)s1. The molecule has 1 saturated heterocycles. The van der Waals surface area contributed by atoms with Crippen molar-refractivity contribution >= 4 is 39.5 Å². The van der Waals surface area contributed by atoms with Crippen molar-refractivity contribution in [2.24, 2.45) is 5.92 Å². The molecule has 0 aromatic carbocycles. The Balaban J connectivity index is 1.43. The second-order valence-electron chi connectivity index (χ2n) is 6.98. The molecule has 1 amide bonds. The molecule has 1 aliphatic rings. The Morgan fingerprint density at radius 2 is 2.04 bits per heavy atom. The Labute approximate surface area is 162 Å². The summed E-state index contributed by atoms with van der Waals surface area (Å²) in [7, 11) is 0. The quantitative estimate of drug-likeness (QED) is 0.713. The minimum atomic E-state index is -0.153. The minimum Gasteiger partial charge on any atom is -0.302 e. The fourth-order valence-corrected chi connectivity index (χ4v) is 4.56. The van der Waals surface area contributed by atoms with Crippen LogP contribution in [0.15, 0.2) is 17.5 Å². The summed E-state index contributed by atoms with van der Waals surface area (Å²) in [6, 6.07) is 3.76. The molecule has 0 spiro atoms. The van der Waals surface area contributed by atoms with Gasteiger partial charge in [-0.3, -0.25) is 14.5 Å². The van der Waals surface area contributed by atoms with Crippen LogP contribution in [0.25, 0.3) is 0 Å². The number of piperidine rings is 1. The number of likely N-dealkylation sites (tertiary alicyclic amines) is 1. The van der Waals surface area contributed by atoms with Crippen molar-refractivity contribution in [2.45, 2.75) is 46.1 Å². The first-order valence-electron chi connectivity index (χ1n) is 9.06. The molecule has 0 atom stereocenters. The number of nitrogens with zero attached hydrogens (tertiary/aromatic N) is 2. The van der Waals surface area contributed by atoms with E-state index in [1.807, 2.05) is 24.4 Å². The fourth-order valence-electron chi connectivity index (χ4n) is 3.00. The van der Waals surface area contributed by atoms with E-state index in [4.69, 9.17) is 0 Å². The summed E-state index contributed by atoms with van der Waals surface area (Å²) in [5, 5.41) is 5.45. The monoisotopic (exact) mass is 391 g/mol. The molecule has 2 aromatic heterocycles. The number of hydrogen-bond donors (Lipinski definition) is 1. The van der Waals surface area contributed by atoms with E-state index >= 15 is 0 Å². The lowest BCUT2D eigenvalue weighted by molar-refractivity contribution is -0.116. The molecule has 140 valence electrons. The van der Waals surface area contributed by atoms with Gasteiger partial charge in [-0.05, 0) is 50.9 Å². The third-order valence-electron chi connectivity index (χ3n) is 4.65. The second kappa shape index (κ2) is 8.88. The summed E-state index contributed by atoms with van der Waals surface area (Å²) in [5.74, 6) is 0.689. The van der Waals surface area contributed by atoms with E-state index in [0.29, 0.717) is 5.13 Å². The minimum absolute atomic E-state index is 0.0254. The highest BCUT2D eigenvalue weighted by molar-refractivity contribution is 7.14. The van der Waals surface area contributed by atoms with Crippen LogP contribution in [0.3, 0.4) is 0 Å². The number of thiophene rings is 1. The number of carbonyl (C=O) groups excluding carboxylic acids is 2. The average molecular weight is 392 g/mol. The van der Waals surface area contributed by atoms with Crippen molar-refractivity contribution in [1.29, 1.82) is 0 Å². The van der Waals surface area contributed by atoms with Crippen LogP contribution < -0.4 is 5.32 Å². The van der Waals surface area contributed by atoms with Crippen LogP contribution in [0.4, 0.5) is 5.13 Å². The van der Waals surface area contributed by atoms with Gasteiger partial charge in [0.05, 0.1) is 10.6 Å². The third kappa shape index (κ3) is 5.46. The van der Waals surface area contributed by atoms with Crippen molar-refractivity contribution in [3.8, 4) is 0 Å². The van der Waals surface area contributed by atoms with E-state index in [-0.39, 0.29) is 24.5 Å². The Bertz CT molecular complexity index is 760. The smallest absolute Gasteiger partial charge is 0.226 e. The highest BCUT2D eigenvalue weighted by atomic mass is 32.1. The summed E-state index contributed by atoms with van der Waals surface area (Å²) >= 11 is 2.92. The molecular formula is C19H25N3O2S2. The Morgan fingerprint density at radius 1 is 1.27 bits per heavy atom. The van der Waals surface area contributed by atoms with Gasteiger partial charge < -0.3 is 5.32 Å². The van der Waals surface area contributed by atoms with E-state index in [9.17, 15) is 9.59 Å². The molecule has 2 aromatic rings. The fraction of sp³-hybridized carbons (Fsp3) is 0.526. The van der Waals surface area contributed by atoms with Crippen LogP contribution in [-0.2, 0) is 11.3 Å². The van der Waals surface area contributed by atoms with Crippen LogP contribution in [0.2, 0.25) is 0 Å². The molecule has 0 radical (unpaired) electrons. The van der Waals surface area contributed by atoms with E-state index < -0.39 is 0 Å². The maximum Gasteiger partial charge on any atom is 0.226 e. The Kier molecular flexibility index (Phi) is 6.56. The topological polar surface area (TPSA) is 62.3 Å². The van der Waals surface area contributed by atoms with Crippen molar-refractivity contribution < 1.29 is 9.59 Å². The lowest BCUT2D eigenvalue weighted by Crippen LogP contribution is -2.32. The van der Waals surface area contributed by atoms with Gasteiger partial charge in [0.25, 0.3) is 0 Å². The predicted molar refractivity (Wildman–Crippen MR) is 107 cm³/mol. The standard InChI is InChI=1S/C19H25N3O2S2/c1-13-7-9-22(10-8-13)11-15-12-25-19(20-15)21-18(24)6-4-16(23)17-5-3-14(2)26-17/h3,5,12-13H,4,6-11H2,1-2H3,(H,20,21,24). The number of rotatable bonds is 7. The number of aromatic nitrogens is 1. The molecule has 0 unspecified atom stereocenters. The lowest BCUT2D eigenvalue weighted by Gasteiger charge is -2.29. The number of hydrogen-bond acceptors (Lipinski definition) is 6.